The summed E-state index contributed by atoms with van der Waals surface area (Å²) in [5.41, 5.74) is 1.39. The van der Waals surface area contributed by atoms with E-state index >= 15 is 0 Å². The zero-order chi connectivity index (χ0) is 16.4. The largest absolute Gasteiger partial charge is 0.337 e. The van der Waals surface area contributed by atoms with Crippen LogP contribution in [0.4, 0.5) is 0 Å². The van der Waals surface area contributed by atoms with Crippen molar-refractivity contribution in [1.29, 1.82) is 5.26 Å². The molecule has 1 fully saturated rings. The summed E-state index contributed by atoms with van der Waals surface area (Å²) in [5, 5.41) is 16.2. The predicted molar refractivity (Wildman–Crippen MR) is 88.9 cm³/mol. The van der Waals surface area contributed by atoms with Gasteiger partial charge in [-0.15, -0.1) is 11.3 Å². The SMILES string of the molecule is N#Cc1cccc(-c2noc(C3CCCN3Cc3nccs3)n2)c1. The minimum Gasteiger partial charge on any atom is -0.337 e. The Bertz CT molecular complexity index is 867. The summed E-state index contributed by atoms with van der Waals surface area (Å²) in [5.74, 6) is 1.17. The molecule has 7 heteroatoms. The van der Waals surface area contributed by atoms with E-state index in [2.05, 4.69) is 26.1 Å². The van der Waals surface area contributed by atoms with Crippen molar-refractivity contribution in [2.75, 3.05) is 6.54 Å². The number of rotatable bonds is 4. The van der Waals surface area contributed by atoms with Crippen molar-refractivity contribution in [1.82, 2.24) is 20.0 Å². The Balaban J connectivity index is 1.56. The first-order chi connectivity index (χ1) is 11.8. The van der Waals surface area contributed by atoms with Crippen LogP contribution in [0, 0.1) is 11.3 Å². The molecular formula is C17H15N5OS. The van der Waals surface area contributed by atoms with Crippen molar-refractivity contribution in [3.8, 4) is 17.5 Å². The fraction of sp³-hybridized carbons (Fsp3) is 0.294. The molecule has 6 nitrogen and oxygen atoms in total. The predicted octanol–water partition coefficient (Wildman–Crippen LogP) is 3.40. The minimum absolute atomic E-state index is 0.134. The van der Waals surface area contributed by atoms with Crippen molar-refractivity contribution in [2.45, 2.75) is 25.4 Å². The smallest absolute Gasteiger partial charge is 0.244 e. The number of benzene rings is 1. The molecule has 3 heterocycles. The molecule has 24 heavy (non-hydrogen) atoms. The Labute approximate surface area is 143 Å². The highest BCUT2D eigenvalue weighted by Gasteiger charge is 2.31. The minimum atomic E-state index is 0.134. The van der Waals surface area contributed by atoms with Gasteiger partial charge >= 0.3 is 0 Å². The molecule has 1 atom stereocenters. The summed E-state index contributed by atoms with van der Waals surface area (Å²) in [6.07, 6.45) is 3.95. The first kappa shape index (κ1) is 15.0. The van der Waals surface area contributed by atoms with Gasteiger partial charge in [0.25, 0.3) is 0 Å². The van der Waals surface area contributed by atoms with E-state index in [1.807, 2.05) is 23.7 Å². The van der Waals surface area contributed by atoms with Crippen LogP contribution in [0.15, 0.2) is 40.4 Å². The molecule has 0 saturated carbocycles. The lowest BCUT2D eigenvalue weighted by molar-refractivity contribution is 0.201. The van der Waals surface area contributed by atoms with Crippen molar-refractivity contribution in [3.63, 3.8) is 0 Å². The van der Waals surface area contributed by atoms with Gasteiger partial charge in [-0.1, -0.05) is 17.3 Å². The van der Waals surface area contributed by atoms with Gasteiger partial charge in [0.15, 0.2) is 0 Å². The fourth-order valence-electron chi connectivity index (χ4n) is 3.02. The summed E-state index contributed by atoms with van der Waals surface area (Å²) in [6.45, 7) is 1.82. The zero-order valence-corrected chi connectivity index (χ0v) is 13.7. The maximum absolute atomic E-state index is 9.02. The van der Waals surface area contributed by atoms with Crippen molar-refractivity contribution in [2.24, 2.45) is 0 Å². The quantitative estimate of drug-likeness (QED) is 0.726. The molecule has 0 amide bonds. The molecule has 1 saturated heterocycles. The third-order valence-corrected chi connectivity index (χ3v) is 4.93. The maximum atomic E-state index is 9.02. The summed E-state index contributed by atoms with van der Waals surface area (Å²) in [7, 11) is 0. The average molecular weight is 337 g/mol. The molecule has 1 aliphatic rings. The molecule has 3 aromatic rings. The second-order valence-corrected chi connectivity index (χ2v) is 6.68. The van der Waals surface area contributed by atoms with Gasteiger partial charge in [-0.05, 0) is 31.5 Å². The highest BCUT2D eigenvalue weighted by atomic mass is 32.1. The third kappa shape index (κ3) is 2.94. The van der Waals surface area contributed by atoms with Crippen LogP contribution in [-0.4, -0.2) is 26.6 Å². The van der Waals surface area contributed by atoms with E-state index in [1.165, 1.54) is 0 Å². The summed E-state index contributed by atoms with van der Waals surface area (Å²) in [4.78, 5) is 11.3. The molecule has 1 aliphatic heterocycles. The van der Waals surface area contributed by atoms with E-state index in [0.29, 0.717) is 17.3 Å². The van der Waals surface area contributed by atoms with Gasteiger partial charge < -0.3 is 4.52 Å². The Morgan fingerprint density at radius 1 is 1.42 bits per heavy atom. The van der Waals surface area contributed by atoms with Gasteiger partial charge in [-0.3, -0.25) is 4.90 Å². The molecule has 4 rings (SSSR count). The summed E-state index contributed by atoms with van der Waals surface area (Å²) < 4.78 is 5.52. The average Bonchev–Trinajstić information content (AvgIpc) is 3.36. The highest BCUT2D eigenvalue weighted by Crippen LogP contribution is 2.33. The van der Waals surface area contributed by atoms with E-state index in [4.69, 9.17) is 9.78 Å². The van der Waals surface area contributed by atoms with E-state index in [9.17, 15) is 0 Å². The van der Waals surface area contributed by atoms with Gasteiger partial charge in [0, 0.05) is 17.1 Å². The van der Waals surface area contributed by atoms with Crippen LogP contribution in [0.25, 0.3) is 11.4 Å². The Kier molecular flexibility index (Phi) is 4.07. The summed E-state index contributed by atoms with van der Waals surface area (Å²) >= 11 is 1.66. The van der Waals surface area contributed by atoms with E-state index in [0.717, 1.165) is 36.5 Å². The van der Waals surface area contributed by atoms with E-state index in [-0.39, 0.29) is 6.04 Å². The zero-order valence-electron chi connectivity index (χ0n) is 12.9. The van der Waals surface area contributed by atoms with E-state index < -0.39 is 0 Å². The molecular weight excluding hydrogens is 322 g/mol. The lowest BCUT2D eigenvalue weighted by Gasteiger charge is -2.19. The Morgan fingerprint density at radius 2 is 2.38 bits per heavy atom. The fourth-order valence-corrected chi connectivity index (χ4v) is 3.66. The molecule has 1 aromatic carbocycles. The number of likely N-dealkylation sites (tertiary alicyclic amines) is 1. The van der Waals surface area contributed by atoms with E-state index in [1.54, 1.807) is 23.5 Å². The Morgan fingerprint density at radius 3 is 3.21 bits per heavy atom. The van der Waals surface area contributed by atoms with Crippen LogP contribution in [0.1, 0.15) is 35.3 Å². The van der Waals surface area contributed by atoms with Crippen molar-refractivity contribution >= 4 is 11.3 Å². The van der Waals surface area contributed by atoms with Gasteiger partial charge in [-0.2, -0.15) is 10.2 Å². The molecule has 120 valence electrons. The molecule has 0 aliphatic carbocycles. The highest BCUT2D eigenvalue weighted by molar-refractivity contribution is 7.09. The normalized spacial score (nSPS) is 17.9. The lowest BCUT2D eigenvalue weighted by Crippen LogP contribution is -2.22. The van der Waals surface area contributed by atoms with Crippen LogP contribution >= 0.6 is 11.3 Å². The summed E-state index contributed by atoms with van der Waals surface area (Å²) in [6, 6.07) is 9.51. The number of hydrogen-bond donors (Lipinski definition) is 0. The van der Waals surface area contributed by atoms with Crippen molar-refractivity contribution < 1.29 is 4.52 Å². The molecule has 1 unspecified atom stereocenters. The first-order valence-corrected chi connectivity index (χ1v) is 8.68. The monoisotopic (exact) mass is 337 g/mol. The van der Waals surface area contributed by atoms with Crippen LogP contribution in [0.3, 0.4) is 0 Å². The second kappa shape index (κ2) is 6.51. The molecule has 0 bridgehead atoms. The van der Waals surface area contributed by atoms with Gasteiger partial charge in [-0.25, -0.2) is 4.98 Å². The second-order valence-electron chi connectivity index (χ2n) is 5.70. The lowest BCUT2D eigenvalue weighted by atomic mass is 10.1. The molecule has 2 aromatic heterocycles. The van der Waals surface area contributed by atoms with Crippen LogP contribution < -0.4 is 0 Å². The Hall–Kier alpha value is -2.56. The molecule has 0 spiro atoms. The topological polar surface area (TPSA) is 78.8 Å². The molecule has 0 radical (unpaired) electrons. The van der Waals surface area contributed by atoms with Gasteiger partial charge in [0.1, 0.15) is 5.01 Å². The van der Waals surface area contributed by atoms with Crippen LogP contribution in [0.5, 0.6) is 0 Å². The van der Waals surface area contributed by atoms with Gasteiger partial charge in [0.05, 0.1) is 24.2 Å². The van der Waals surface area contributed by atoms with Crippen LogP contribution in [0.2, 0.25) is 0 Å². The maximum Gasteiger partial charge on any atom is 0.244 e. The number of nitriles is 1. The van der Waals surface area contributed by atoms with Gasteiger partial charge in [0.2, 0.25) is 11.7 Å². The number of nitrogens with zero attached hydrogens (tertiary/aromatic N) is 5. The van der Waals surface area contributed by atoms with Crippen LogP contribution in [-0.2, 0) is 6.54 Å². The number of hydrogen-bond acceptors (Lipinski definition) is 7. The standard InChI is InChI=1S/C17H15N5OS/c18-10-12-3-1-4-13(9-12)16-20-17(23-21-16)14-5-2-7-22(14)11-15-19-6-8-24-15/h1,3-4,6,8-9,14H,2,5,7,11H2. The third-order valence-electron chi connectivity index (χ3n) is 4.16. The first-order valence-electron chi connectivity index (χ1n) is 7.80. The molecule has 0 N–H and O–H groups in total. The number of aromatic nitrogens is 3. The number of thiazole rings is 1. The van der Waals surface area contributed by atoms with Crippen molar-refractivity contribution in [3.05, 3.63) is 52.3 Å².